The molecule has 7 rings (SSSR count). The minimum absolute atomic E-state index is 0.174. The zero-order valence-electron chi connectivity index (χ0n) is 26.7. The molecule has 2 heterocycles. The van der Waals surface area contributed by atoms with Gasteiger partial charge in [0.2, 0.25) is 5.91 Å². The highest BCUT2D eigenvalue weighted by Gasteiger charge is 2.73. The fourth-order valence-corrected chi connectivity index (χ4v) is 8.68. The van der Waals surface area contributed by atoms with E-state index in [2.05, 4.69) is 21.8 Å². The van der Waals surface area contributed by atoms with Crippen LogP contribution >= 0.6 is 0 Å². The van der Waals surface area contributed by atoms with Gasteiger partial charge in [-0.25, -0.2) is 0 Å². The van der Waals surface area contributed by atoms with E-state index in [4.69, 9.17) is 9.47 Å². The summed E-state index contributed by atoms with van der Waals surface area (Å²) in [5, 5.41) is 12.9. The molecule has 2 aliphatic carbocycles. The number of carbonyl (C=O) groups excluding carboxylic acids is 2. The molecule has 0 unspecified atom stereocenters. The van der Waals surface area contributed by atoms with Crippen molar-refractivity contribution in [2.24, 2.45) is 0 Å². The van der Waals surface area contributed by atoms with Crippen LogP contribution in [0.15, 0.2) is 72.8 Å². The van der Waals surface area contributed by atoms with Gasteiger partial charge in [0.1, 0.15) is 11.9 Å². The molecule has 0 aromatic heterocycles. The van der Waals surface area contributed by atoms with Gasteiger partial charge < -0.3 is 24.2 Å². The van der Waals surface area contributed by atoms with Gasteiger partial charge in [0.05, 0.1) is 17.1 Å². The number of nitrogens with zero attached hydrogens (tertiary/aromatic N) is 2. The average Bonchev–Trinajstić information content (AvgIpc) is 3.39. The number of ether oxygens (including phenoxy) is 3. The molecule has 4 aliphatic rings. The lowest BCUT2D eigenvalue weighted by Crippen LogP contribution is -2.78. The maximum absolute atomic E-state index is 13.6. The minimum Gasteiger partial charge on any atom is -0.483 e. The number of hydrogen-bond acceptors (Lipinski definition) is 7. The predicted molar refractivity (Wildman–Crippen MR) is 171 cm³/mol. The molecular formula is C37H37F3N2O6. The highest BCUT2D eigenvalue weighted by molar-refractivity contribution is 5.92. The molecule has 1 amide bonds. The number of likely N-dealkylation sites (tertiary alicyclic amines) is 1. The van der Waals surface area contributed by atoms with Crippen LogP contribution in [0.4, 0.5) is 13.2 Å². The van der Waals surface area contributed by atoms with Crippen molar-refractivity contribution in [1.82, 2.24) is 9.80 Å². The monoisotopic (exact) mass is 662 g/mol. The van der Waals surface area contributed by atoms with Gasteiger partial charge in [0.15, 0.2) is 11.5 Å². The number of benzene rings is 3. The second-order valence-corrected chi connectivity index (χ2v) is 13.2. The van der Waals surface area contributed by atoms with E-state index in [-0.39, 0.29) is 17.7 Å². The standard InChI is InChI=1S/C37H37F3N2O6/c1-23(43)46-29-13-12-26-22-30-36(45)17-15-28(41(2)31(44)14-11-25-9-6-10-27(21-25)48-37(38,39)40)34-35(36,32(26)33(29)47-34)18-20-42(30)19-16-24-7-4-3-5-8-24/h3-14,21,28,30,34,45H,15-20,22H2,1-2H3/t28-,30-,34+,35+,36-/m1/s1. The van der Waals surface area contributed by atoms with Gasteiger partial charge in [-0.1, -0.05) is 48.5 Å². The molecule has 5 atom stereocenters. The van der Waals surface area contributed by atoms with Crippen molar-refractivity contribution >= 4 is 18.0 Å². The first-order chi connectivity index (χ1) is 22.9. The first-order valence-corrected chi connectivity index (χ1v) is 16.2. The Kier molecular flexibility index (Phi) is 8.03. The Labute approximate surface area is 276 Å². The fourth-order valence-electron chi connectivity index (χ4n) is 8.68. The third-order valence-corrected chi connectivity index (χ3v) is 10.7. The van der Waals surface area contributed by atoms with Crippen LogP contribution in [0.2, 0.25) is 0 Å². The minimum atomic E-state index is -4.83. The van der Waals surface area contributed by atoms with Crippen molar-refractivity contribution in [1.29, 1.82) is 0 Å². The van der Waals surface area contributed by atoms with Crippen LogP contribution in [0, 0.1) is 0 Å². The fraction of sp³-hybridized carbons (Fsp3) is 0.405. The highest BCUT2D eigenvalue weighted by Crippen LogP contribution is 2.66. The summed E-state index contributed by atoms with van der Waals surface area (Å²) in [6.45, 7) is 2.83. The summed E-state index contributed by atoms with van der Waals surface area (Å²) < 4.78 is 54.6. The van der Waals surface area contributed by atoms with E-state index in [1.54, 1.807) is 24.1 Å². The van der Waals surface area contributed by atoms with Gasteiger partial charge in [-0.2, -0.15) is 0 Å². The number of piperidine rings is 1. The van der Waals surface area contributed by atoms with Crippen molar-refractivity contribution < 1.29 is 42.1 Å². The van der Waals surface area contributed by atoms with Crippen molar-refractivity contribution in [3.05, 3.63) is 95.1 Å². The van der Waals surface area contributed by atoms with Crippen molar-refractivity contribution in [3.63, 3.8) is 0 Å². The number of halogens is 3. The number of aliphatic hydroxyl groups is 1. The van der Waals surface area contributed by atoms with Crippen LogP contribution in [0.25, 0.3) is 6.08 Å². The molecule has 2 fully saturated rings. The van der Waals surface area contributed by atoms with Gasteiger partial charge in [-0.05, 0) is 79.6 Å². The molecule has 1 N–H and O–H groups in total. The van der Waals surface area contributed by atoms with E-state index in [1.807, 2.05) is 24.3 Å². The van der Waals surface area contributed by atoms with E-state index < -0.39 is 35.5 Å². The third-order valence-electron chi connectivity index (χ3n) is 10.7. The molecular weight excluding hydrogens is 625 g/mol. The molecule has 11 heteroatoms. The van der Waals surface area contributed by atoms with Crippen molar-refractivity contribution in [2.45, 2.75) is 74.6 Å². The third kappa shape index (κ3) is 5.42. The summed E-state index contributed by atoms with van der Waals surface area (Å²) in [5.74, 6) is -0.482. The SMILES string of the molecule is CC(=O)Oc1ccc2c3c1O[C@H]1[C@H](N(C)C(=O)C=Cc4cccc(OC(F)(F)F)c4)CC[C@@]4(O)[C@@H](C2)N(CCc2ccccc2)CC[C@]314. The molecule has 0 radical (unpaired) electrons. The normalized spacial score (nSPS) is 27.2. The van der Waals surface area contributed by atoms with Gasteiger partial charge in [-0.3, -0.25) is 14.5 Å². The van der Waals surface area contributed by atoms with E-state index in [0.717, 1.165) is 30.6 Å². The van der Waals surface area contributed by atoms with Gasteiger partial charge in [0, 0.05) is 38.2 Å². The molecule has 1 spiro atoms. The summed E-state index contributed by atoms with van der Waals surface area (Å²) in [4.78, 5) is 29.7. The smallest absolute Gasteiger partial charge is 0.483 e. The number of carbonyl (C=O) groups is 2. The van der Waals surface area contributed by atoms with Crippen molar-refractivity contribution in [2.75, 3.05) is 20.1 Å². The molecule has 1 saturated heterocycles. The lowest BCUT2D eigenvalue weighted by atomic mass is 9.48. The van der Waals surface area contributed by atoms with E-state index in [1.165, 1.54) is 42.8 Å². The molecule has 252 valence electrons. The summed E-state index contributed by atoms with van der Waals surface area (Å²) in [6, 6.07) is 18.8. The molecule has 2 bridgehead atoms. The van der Waals surface area contributed by atoms with E-state index >= 15 is 0 Å². The first-order valence-electron chi connectivity index (χ1n) is 16.2. The van der Waals surface area contributed by atoms with Crippen LogP contribution in [0.3, 0.4) is 0 Å². The average molecular weight is 663 g/mol. The lowest BCUT2D eigenvalue weighted by molar-refractivity contribution is -0.274. The number of alkyl halides is 3. The molecule has 3 aromatic carbocycles. The topological polar surface area (TPSA) is 88.5 Å². The summed E-state index contributed by atoms with van der Waals surface area (Å²) in [7, 11) is 1.68. The Balaban J connectivity index is 1.20. The number of amides is 1. The van der Waals surface area contributed by atoms with Gasteiger partial charge >= 0.3 is 12.3 Å². The zero-order valence-corrected chi connectivity index (χ0v) is 26.7. The Bertz CT molecular complexity index is 1760. The zero-order chi connectivity index (χ0) is 33.8. The van der Waals surface area contributed by atoms with Crippen LogP contribution in [0.1, 0.15) is 48.4 Å². The van der Waals surface area contributed by atoms with Crippen molar-refractivity contribution in [3.8, 4) is 17.2 Å². The second-order valence-electron chi connectivity index (χ2n) is 13.2. The summed E-state index contributed by atoms with van der Waals surface area (Å²) in [5.41, 5.74) is 1.51. The number of esters is 1. The maximum Gasteiger partial charge on any atom is 0.573 e. The van der Waals surface area contributed by atoms with E-state index in [9.17, 15) is 27.9 Å². The van der Waals surface area contributed by atoms with E-state index in [0.29, 0.717) is 42.7 Å². The Morgan fingerprint density at radius 3 is 2.65 bits per heavy atom. The lowest BCUT2D eigenvalue weighted by Gasteiger charge is -2.64. The number of likely N-dealkylation sites (N-methyl/N-ethyl adjacent to an activating group) is 1. The van der Waals surface area contributed by atoms with Gasteiger partial charge in [-0.15, -0.1) is 13.2 Å². The summed E-state index contributed by atoms with van der Waals surface area (Å²) in [6.07, 6.45) is 0.260. The Morgan fingerprint density at radius 2 is 1.90 bits per heavy atom. The molecule has 48 heavy (non-hydrogen) atoms. The second kappa shape index (κ2) is 12.0. The highest BCUT2D eigenvalue weighted by atomic mass is 19.4. The molecule has 3 aromatic rings. The maximum atomic E-state index is 13.6. The number of rotatable bonds is 8. The molecule has 8 nitrogen and oxygen atoms in total. The molecule has 2 aliphatic heterocycles. The largest absolute Gasteiger partial charge is 0.573 e. The van der Waals surface area contributed by atoms with Gasteiger partial charge in [0.25, 0.3) is 0 Å². The van der Waals surface area contributed by atoms with Crippen LogP contribution < -0.4 is 14.2 Å². The molecule has 1 saturated carbocycles. The first kappa shape index (κ1) is 32.2. The van der Waals surface area contributed by atoms with Crippen LogP contribution in [-0.2, 0) is 27.8 Å². The van der Waals surface area contributed by atoms with Crippen LogP contribution in [-0.4, -0.2) is 77.1 Å². The number of hydrogen-bond donors (Lipinski definition) is 1. The van der Waals surface area contributed by atoms with Crippen LogP contribution in [0.5, 0.6) is 17.2 Å². The predicted octanol–water partition coefficient (Wildman–Crippen LogP) is 5.45. The quantitative estimate of drug-likeness (QED) is 0.195. The summed E-state index contributed by atoms with van der Waals surface area (Å²) >= 11 is 0. The Hall–Kier alpha value is -4.35. The Morgan fingerprint density at radius 1 is 1.10 bits per heavy atom.